The van der Waals surface area contributed by atoms with Gasteiger partial charge < -0.3 is 0 Å². The summed E-state index contributed by atoms with van der Waals surface area (Å²) in [6, 6.07) is 14.9. The standard InChI is InChI=1S/C51H84O/c1-3-5-7-9-11-13-15-17-19-21-23-25-27-29-31-33-37-45(38-34-32-30-28-26-24-22-20-18-16-14-12-10-8-6-4-2)43-46-41-42-48-47-39-35-36-40-49(47)51(52)50(48)44-46/h35-36,39-42,44-45H,3-34,37-38,43H2,1-2H3. The molecule has 0 saturated carbocycles. The first kappa shape index (κ1) is 44.5. The summed E-state index contributed by atoms with van der Waals surface area (Å²) in [6.07, 6.45) is 49.7. The molecule has 0 amide bonds. The van der Waals surface area contributed by atoms with Crippen LogP contribution in [0.3, 0.4) is 0 Å². The van der Waals surface area contributed by atoms with E-state index in [0.717, 1.165) is 34.6 Å². The molecule has 0 atom stereocenters. The lowest BCUT2D eigenvalue weighted by Crippen LogP contribution is -2.06. The number of unbranched alkanes of at least 4 members (excludes halogenated alkanes) is 30. The lowest BCUT2D eigenvalue weighted by atomic mass is 9.87. The van der Waals surface area contributed by atoms with E-state index in [1.165, 1.54) is 224 Å². The molecule has 0 spiro atoms. The van der Waals surface area contributed by atoms with Gasteiger partial charge in [-0.2, -0.15) is 0 Å². The Morgan fingerprint density at radius 3 is 1.08 bits per heavy atom. The summed E-state index contributed by atoms with van der Waals surface area (Å²) in [7, 11) is 0. The minimum absolute atomic E-state index is 0.222. The molecule has 1 aliphatic carbocycles. The van der Waals surface area contributed by atoms with Crippen molar-refractivity contribution in [2.45, 2.75) is 239 Å². The van der Waals surface area contributed by atoms with E-state index in [1.54, 1.807) is 0 Å². The molecular formula is C51H84O. The van der Waals surface area contributed by atoms with Crippen LogP contribution in [0.25, 0.3) is 11.1 Å². The highest BCUT2D eigenvalue weighted by Crippen LogP contribution is 2.37. The van der Waals surface area contributed by atoms with Crippen molar-refractivity contribution in [2.24, 2.45) is 5.92 Å². The molecule has 0 bridgehead atoms. The van der Waals surface area contributed by atoms with Crippen molar-refractivity contribution < 1.29 is 4.79 Å². The highest BCUT2D eigenvalue weighted by atomic mass is 16.1. The third-order valence-corrected chi connectivity index (χ3v) is 12.2. The van der Waals surface area contributed by atoms with Crippen molar-refractivity contribution in [1.82, 2.24) is 0 Å². The van der Waals surface area contributed by atoms with Crippen molar-refractivity contribution in [3.8, 4) is 11.1 Å². The van der Waals surface area contributed by atoms with E-state index in [1.807, 2.05) is 12.1 Å². The van der Waals surface area contributed by atoms with Gasteiger partial charge in [-0.05, 0) is 35.1 Å². The lowest BCUT2D eigenvalue weighted by Gasteiger charge is -2.18. The summed E-state index contributed by atoms with van der Waals surface area (Å²) >= 11 is 0. The topological polar surface area (TPSA) is 17.1 Å². The molecule has 0 heterocycles. The van der Waals surface area contributed by atoms with Gasteiger partial charge in [0.1, 0.15) is 0 Å². The summed E-state index contributed by atoms with van der Waals surface area (Å²) in [5, 5.41) is 0. The first-order valence-corrected chi connectivity index (χ1v) is 23.5. The molecule has 1 nitrogen and oxygen atoms in total. The number of benzene rings is 2. The summed E-state index contributed by atoms with van der Waals surface area (Å²) in [6.45, 7) is 4.61. The minimum Gasteiger partial charge on any atom is -0.289 e. The zero-order valence-corrected chi connectivity index (χ0v) is 34.8. The zero-order chi connectivity index (χ0) is 36.7. The van der Waals surface area contributed by atoms with Crippen LogP contribution in [0.15, 0.2) is 42.5 Å². The van der Waals surface area contributed by atoms with Gasteiger partial charge in [0, 0.05) is 11.1 Å². The highest BCUT2D eigenvalue weighted by Gasteiger charge is 2.26. The highest BCUT2D eigenvalue weighted by molar-refractivity contribution is 6.21. The maximum absolute atomic E-state index is 13.2. The molecule has 1 aliphatic rings. The molecule has 0 fully saturated rings. The molecule has 3 rings (SSSR count). The predicted molar refractivity (Wildman–Crippen MR) is 231 cm³/mol. The van der Waals surface area contributed by atoms with Gasteiger partial charge >= 0.3 is 0 Å². The number of ketones is 1. The van der Waals surface area contributed by atoms with Crippen LogP contribution >= 0.6 is 0 Å². The van der Waals surface area contributed by atoms with E-state index >= 15 is 0 Å². The van der Waals surface area contributed by atoms with Crippen LogP contribution < -0.4 is 0 Å². The molecule has 0 aliphatic heterocycles. The van der Waals surface area contributed by atoms with Crippen molar-refractivity contribution in [1.29, 1.82) is 0 Å². The number of hydrogen-bond donors (Lipinski definition) is 0. The second-order valence-electron chi connectivity index (χ2n) is 17.0. The van der Waals surface area contributed by atoms with Gasteiger partial charge in [-0.15, -0.1) is 0 Å². The molecule has 2 aromatic carbocycles. The quantitative estimate of drug-likeness (QED) is 0.0549. The molecule has 52 heavy (non-hydrogen) atoms. The molecule has 2 aromatic rings. The third-order valence-electron chi connectivity index (χ3n) is 12.2. The van der Waals surface area contributed by atoms with E-state index in [2.05, 4.69) is 44.2 Å². The SMILES string of the molecule is CCCCCCCCCCCCCCCCCCC(CCCCCCCCCCCCCCCCCC)Cc1ccc2c(c1)C(=O)c1ccccc1-2. The number of rotatable bonds is 36. The normalized spacial score (nSPS) is 12.2. The van der Waals surface area contributed by atoms with Crippen LogP contribution in [0.1, 0.15) is 254 Å². The fourth-order valence-corrected chi connectivity index (χ4v) is 8.85. The van der Waals surface area contributed by atoms with Crippen LogP contribution in [0, 0.1) is 5.92 Å². The van der Waals surface area contributed by atoms with Gasteiger partial charge in [0.2, 0.25) is 0 Å². The molecule has 0 N–H and O–H groups in total. The van der Waals surface area contributed by atoms with Crippen molar-refractivity contribution >= 4 is 5.78 Å². The first-order valence-electron chi connectivity index (χ1n) is 23.5. The third kappa shape index (κ3) is 19.4. The fraction of sp³-hybridized carbons (Fsp3) is 0.745. The number of carbonyl (C=O) groups is 1. The van der Waals surface area contributed by atoms with E-state index in [0.29, 0.717) is 0 Å². The number of hydrogen-bond acceptors (Lipinski definition) is 1. The molecule has 0 radical (unpaired) electrons. The van der Waals surface area contributed by atoms with Gasteiger partial charge in [0.05, 0.1) is 0 Å². The van der Waals surface area contributed by atoms with Crippen LogP contribution in [-0.4, -0.2) is 5.78 Å². The summed E-state index contributed by atoms with van der Waals surface area (Å²) in [4.78, 5) is 13.2. The van der Waals surface area contributed by atoms with Crippen LogP contribution in [-0.2, 0) is 6.42 Å². The Balaban J connectivity index is 1.27. The number of fused-ring (bicyclic) bond motifs is 3. The molecule has 1 heteroatoms. The predicted octanol–water partition coefficient (Wildman–Crippen LogP) is 17.4. The van der Waals surface area contributed by atoms with E-state index in [-0.39, 0.29) is 5.78 Å². The van der Waals surface area contributed by atoms with Gasteiger partial charge in [-0.1, -0.05) is 269 Å². The second kappa shape index (κ2) is 30.4. The average molecular weight is 713 g/mol. The van der Waals surface area contributed by atoms with Crippen molar-refractivity contribution in [2.75, 3.05) is 0 Å². The Bertz CT molecular complexity index is 1110. The van der Waals surface area contributed by atoms with Gasteiger partial charge in [0.15, 0.2) is 5.78 Å². The second-order valence-corrected chi connectivity index (χ2v) is 17.0. The maximum Gasteiger partial charge on any atom is 0.194 e. The van der Waals surface area contributed by atoms with Gasteiger partial charge in [-0.3, -0.25) is 4.79 Å². The largest absolute Gasteiger partial charge is 0.289 e. The van der Waals surface area contributed by atoms with E-state index in [4.69, 9.17) is 0 Å². The summed E-state index contributed by atoms with van der Waals surface area (Å²) < 4.78 is 0. The zero-order valence-electron chi connectivity index (χ0n) is 34.8. The molecule has 294 valence electrons. The van der Waals surface area contributed by atoms with E-state index < -0.39 is 0 Å². The lowest BCUT2D eigenvalue weighted by molar-refractivity contribution is 0.104. The Labute approximate surface area is 324 Å². The Kier molecular flexibility index (Phi) is 26.1. The first-order chi connectivity index (χ1) is 25.7. The smallest absolute Gasteiger partial charge is 0.194 e. The van der Waals surface area contributed by atoms with Crippen LogP contribution in [0.2, 0.25) is 0 Å². The van der Waals surface area contributed by atoms with Crippen molar-refractivity contribution in [3.63, 3.8) is 0 Å². The van der Waals surface area contributed by atoms with Crippen molar-refractivity contribution in [3.05, 3.63) is 59.2 Å². The van der Waals surface area contributed by atoms with Crippen LogP contribution in [0.4, 0.5) is 0 Å². The number of carbonyl (C=O) groups excluding carboxylic acids is 1. The molecule has 0 aromatic heterocycles. The monoisotopic (exact) mass is 713 g/mol. The summed E-state index contributed by atoms with van der Waals surface area (Å²) in [5.41, 5.74) is 5.44. The van der Waals surface area contributed by atoms with Gasteiger partial charge in [0.25, 0.3) is 0 Å². The minimum atomic E-state index is 0.222. The van der Waals surface area contributed by atoms with E-state index in [9.17, 15) is 4.79 Å². The Morgan fingerprint density at radius 2 is 0.692 bits per heavy atom. The van der Waals surface area contributed by atoms with Crippen LogP contribution in [0.5, 0.6) is 0 Å². The Hall–Kier alpha value is -1.89. The van der Waals surface area contributed by atoms with Gasteiger partial charge in [-0.25, -0.2) is 0 Å². The average Bonchev–Trinajstić information content (AvgIpc) is 3.44. The Morgan fingerprint density at radius 1 is 0.365 bits per heavy atom. The fourth-order valence-electron chi connectivity index (χ4n) is 8.85. The molecule has 0 unspecified atom stereocenters. The maximum atomic E-state index is 13.2. The summed E-state index contributed by atoms with van der Waals surface area (Å²) in [5.74, 6) is 0.967. The molecular weight excluding hydrogens is 629 g/mol. The molecule has 0 saturated heterocycles.